The first-order valence-corrected chi connectivity index (χ1v) is 6.89. The van der Waals surface area contributed by atoms with Crippen LogP contribution in [0.5, 0.6) is 0 Å². The van der Waals surface area contributed by atoms with Crippen molar-refractivity contribution in [2.75, 3.05) is 13.6 Å². The van der Waals surface area contributed by atoms with E-state index in [-0.39, 0.29) is 5.91 Å². The zero-order chi connectivity index (χ0) is 15.0. The molecule has 0 bridgehead atoms. The van der Waals surface area contributed by atoms with E-state index in [1.165, 1.54) is 0 Å². The number of urea groups is 1. The normalized spacial score (nSPS) is 10.1. The highest BCUT2D eigenvalue weighted by Gasteiger charge is 2.10. The highest BCUT2D eigenvalue weighted by atomic mass is 35.5. The number of nitrogens with zero attached hydrogens (tertiary/aromatic N) is 1. The molecule has 0 unspecified atom stereocenters. The van der Waals surface area contributed by atoms with Gasteiger partial charge in [0.15, 0.2) is 0 Å². The van der Waals surface area contributed by atoms with E-state index in [1.807, 2.05) is 24.3 Å². The predicted molar refractivity (Wildman–Crippen MR) is 79.4 cm³/mol. The van der Waals surface area contributed by atoms with Crippen molar-refractivity contribution in [3.63, 3.8) is 0 Å². The minimum atomic E-state index is -0.535. The Bertz CT molecular complexity index is 465. The van der Waals surface area contributed by atoms with Gasteiger partial charge in [-0.25, -0.2) is 4.79 Å². The van der Waals surface area contributed by atoms with Crippen LogP contribution in [0.15, 0.2) is 24.3 Å². The molecule has 0 aromatic heterocycles. The molecule has 0 saturated heterocycles. The van der Waals surface area contributed by atoms with Gasteiger partial charge in [0.1, 0.15) is 0 Å². The average Bonchev–Trinajstić information content (AvgIpc) is 2.40. The lowest BCUT2D eigenvalue weighted by molar-refractivity contribution is -0.130. The van der Waals surface area contributed by atoms with E-state index >= 15 is 0 Å². The highest BCUT2D eigenvalue weighted by molar-refractivity contribution is 6.31. The van der Waals surface area contributed by atoms with Gasteiger partial charge in [-0.2, -0.15) is 0 Å². The van der Waals surface area contributed by atoms with Gasteiger partial charge in [0.25, 0.3) is 0 Å². The van der Waals surface area contributed by atoms with Crippen molar-refractivity contribution < 1.29 is 9.59 Å². The summed E-state index contributed by atoms with van der Waals surface area (Å²) in [6, 6.07) is 6.94. The Morgan fingerprint density at radius 2 is 2.00 bits per heavy atom. The standard InChI is InChI=1S/C14H20ClN3O2/c1-18(10-11-6-2-3-7-12(11)15)13(19)8-4-5-9-17-14(16)20/h2-3,6-7H,4-5,8-10H2,1H3,(H3,16,17,20). The summed E-state index contributed by atoms with van der Waals surface area (Å²) in [5.74, 6) is 0.0593. The molecule has 1 rings (SSSR count). The molecule has 0 radical (unpaired) electrons. The quantitative estimate of drug-likeness (QED) is 0.757. The van der Waals surface area contributed by atoms with Crippen molar-refractivity contribution in [1.29, 1.82) is 0 Å². The van der Waals surface area contributed by atoms with Crippen molar-refractivity contribution in [2.45, 2.75) is 25.8 Å². The summed E-state index contributed by atoms with van der Waals surface area (Å²) in [6.07, 6.45) is 1.89. The van der Waals surface area contributed by atoms with Crippen LogP contribution in [0, 0.1) is 0 Å². The monoisotopic (exact) mass is 297 g/mol. The first kappa shape index (κ1) is 16.3. The van der Waals surface area contributed by atoms with Crippen LogP contribution in [0.1, 0.15) is 24.8 Å². The zero-order valence-electron chi connectivity index (χ0n) is 11.6. The van der Waals surface area contributed by atoms with Gasteiger partial charge in [-0.15, -0.1) is 0 Å². The smallest absolute Gasteiger partial charge is 0.312 e. The van der Waals surface area contributed by atoms with Crippen LogP contribution in [0.2, 0.25) is 5.02 Å². The Morgan fingerprint density at radius 3 is 2.65 bits per heavy atom. The van der Waals surface area contributed by atoms with Crippen LogP contribution in [0.3, 0.4) is 0 Å². The molecule has 5 nitrogen and oxygen atoms in total. The number of primary amides is 1. The SMILES string of the molecule is CN(Cc1ccccc1Cl)C(=O)CCCCNC(N)=O. The van der Waals surface area contributed by atoms with Crippen LogP contribution >= 0.6 is 11.6 Å². The largest absolute Gasteiger partial charge is 0.352 e. The molecular weight excluding hydrogens is 278 g/mol. The minimum Gasteiger partial charge on any atom is -0.352 e. The van der Waals surface area contributed by atoms with Gasteiger partial charge in [0.05, 0.1) is 0 Å². The average molecular weight is 298 g/mol. The van der Waals surface area contributed by atoms with Gasteiger partial charge >= 0.3 is 6.03 Å². The number of carbonyl (C=O) groups is 2. The molecule has 0 saturated carbocycles. The third-order valence-electron chi connectivity index (χ3n) is 2.91. The van der Waals surface area contributed by atoms with Crippen LogP contribution in [-0.4, -0.2) is 30.4 Å². The number of rotatable bonds is 7. The van der Waals surface area contributed by atoms with E-state index in [2.05, 4.69) is 5.32 Å². The first-order chi connectivity index (χ1) is 9.50. The van der Waals surface area contributed by atoms with Crippen LogP contribution < -0.4 is 11.1 Å². The van der Waals surface area contributed by atoms with Crippen LogP contribution in [0.25, 0.3) is 0 Å². The molecular formula is C14H20ClN3O2. The maximum absolute atomic E-state index is 11.9. The second-order valence-electron chi connectivity index (χ2n) is 4.59. The van der Waals surface area contributed by atoms with E-state index in [9.17, 15) is 9.59 Å². The molecule has 0 aliphatic rings. The number of hydrogen-bond acceptors (Lipinski definition) is 2. The molecule has 0 aliphatic heterocycles. The van der Waals surface area contributed by atoms with Crippen molar-refractivity contribution in [3.8, 4) is 0 Å². The van der Waals surface area contributed by atoms with Gasteiger partial charge in [-0.1, -0.05) is 29.8 Å². The summed E-state index contributed by atoms with van der Waals surface area (Å²) in [5, 5.41) is 3.16. The van der Waals surface area contributed by atoms with E-state index < -0.39 is 6.03 Å². The summed E-state index contributed by atoms with van der Waals surface area (Å²) >= 11 is 6.06. The van der Waals surface area contributed by atoms with Crippen molar-refractivity contribution >= 4 is 23.5 Å². The third kappa shape index (κ3) is 5.93. The molecule has 0 heterocycles. The molecule has 3 amide bonds. The first-order valence-electron chi connectivity index (χ1n) is 6.51. The van der Waals surface area contributed by atoms with Crippen LogP contribution in [0.4, 0.5) is 4.79 Å². The lowest BCUT2D eigenvalue weighted by atomic mass is 10.2. The van der Waals surface area contributed by atoms with E-state index in [4.69, 9.17) is 17.3 Å². The Morgan fingerprint density at radius 1 is 1.30 bits per heavy atom. The van der Waals surface area contributed by atoms with Crippen LogP contribution in [-0.2, 0) is 11.3 Å². The summed E-state index contributed by atoms with van der Waals surface area (Å²) in [7, 11) is 1.76. The lowest BCUT2D eigenvalue weighted by Gasteiger charge is -2.18. The number of nitrogens with one attached hydrogen (secondary N) is 1. The molecule has 0 atom stereocenters. The van der Waals surface area contributed by atoms with Crippen molar-refractivity contribution in [2.24, 2.45) is 5.73 Å². The topological polar surface area (TPSA) is 75.4 Å². The van der Waals surface area contributed by atoms with Gasteiger partial charge < -0.3 is 16.0 Å². The number of benzene rings is 1. The second kappa shape index (κ2) is 8.43. The number of carbonyl (C=O) groups excluding carboxylic acids is 2. The molecule has 3 N–H and O–H groups in total. The lowest BCUT2D eigenvalue weighted by Crippen LogP contribution is -2.30. The number of nitrogens with two attached hydrogens (primary N) is 1. The molecule has 0 fully saturated rings. The second-order valence-corrected chi connectivity index (χ2v) is 5.00. The van der Waals surface area contributed by atoms with E-state index in [0.29, 0.717) is 31.0 Å². The number of halogens is 1. The summed E-state index contributed by atoms with van der Waals surface area (Å²) < 4.78 is 0. The fraction of sp³-hybridized carbons (Fsp3) is 0.429. The molecule has 1 aromatic carbocycles. The fourth-order valence-corrected chi connectivity index (χ4v) is 1.97. The Kier molecular flexibility index (Phi) is 6.87. The molecule has 0 spiro atoms. The summed E-state index contributed by atoms with van der Waals surface area (Å²) in [6.45, 7) is 0.995. The van der Waals surface area contributed by atoms with Gasteiger partial charge in [0.2, 0.25) is 5.91 Å². The predicted octanol–water partition coefficient (Wildman–Crippen LogP) is 2.14. The summed E-state index contributed by atoms with van der Waals surface area (Å²) in [5.41, 5.74) is 5.88. The molecule has 6 heteroatoms. The van der Waals surface area contributed by atoms with E-state index in [1.54, 1.807) is 11.9 Å². The number of hydrogen-bond donors (Lipinski definition) is 2. The van der Waals surface area contributed by atoms with Gasteiger partial charge in [0, 0.05) is 31.6 Å². The Labute approximate surface area is 124 Å². The van der Waals surface area contributed by atoms with Gasteiger partial charge in [-0.05, 0) is 24.5 Å². The fourth-order valence-electron chi connectivity index (χ4n) is 1.77. The molecule has 20 heavy (non-hydrogen) atoms. The highest BCUT2D eigenvalue weighted by Crippen LogP contribution is 2.16. The van der Waals surface area contributed by atoms with E-state index in [0.717, 1.165) is 12.0 Å². The van der Waals surface area contributed by atoms with Gasteiger partial charge in [-0.3, -0.25) is 4.79 Å². The van der Waals surface area contributed by atoms with Crippen molar-refractivity contribution in [3.05, 3.63) is 34.9 Å². The maximum Gasteiger partial charge on any atom is 0.312 e. The Balaban J connectivity index is 2.29. The molecule has 0 aliphatic carbocycles. The zero-order valence-corrected chi connectivity index (χ0v) is 12.3. The summed E-state index contributed by atoms with van der Waals surface area (Å²) in [4.78, 5) is 24.0. The molecule has 110 valence electrons. The maximum atomic E-state index is 11.9. The molecule has 1 aromatic rings. The van der Waals surface area contributed by atoms with Crippen molar-refractivity contribution in [1.82, 2.24) is 10.2 Å². The number of amides is 3. The number of unbranched alkanes of at least 4 members (excludes halogenated alkanes) is 1. The third-order valence-corrected chi connectivity index (χ3v) is 3.28. The minimum absolute atomic E-state index is 0.0593. The Hall–Kier alpha value is -1.75.